The lowest BCUT2D eigenvalue weighted by molar-refractivity contribution is 0.506. The molecule has 0 aliphatic heterocycles. The van der Waals surface area contributed by atoms with Gasteiger partial charge in [-0.25, -0.2) is 4.98 Å². The lowest BCUT2D eigenvalue weighted by Crippen LogP contribution is -1.99. The van der Waals surface area contributed by atoms with E-state index in [2.05, 4.69) is 18.8 Å². The smallest absolute Gasteiger partial charge is 0.191 e. The SMILES string of the molecule is CCCC(C)Cc1coc(C)n1. The summed E-state index contributed by atoms with van der Waals surface area (Å²) in [6, 6.07) is 0. The van der Waals surface area contributed by atoms with Gasteiger partial charge >= 0.3 is 0 Å². The molecule has 0 bridgehead atoms. The molecule has 0 amide bonds. The number of oxazole rings is 1. The molecular formula is C10H17NO. The summed E-state index contributed by atoms with van der Waals surface area (Å²) in [5.41, 5.74) is 1.09. The molecule has 0 saturated heterocycles. The number of hydrogen-bond acceptors (Lipinski definition) is 2. The Labute approximate surface area is 74.0 Å². The van der Waals surface area contributed by atoms with Crippen LogP contribution in [0.2, 0.25) is 0 Å². The van der Waals surface area contributed by atoms with Gasteiger partial charge < -0.3 is 4.42 Å². The molecule has 2 heteroatoms. The highest BCUT2D eigenvalue weighted by Crippen LogP contribution is 2.12. The molecule has 1 aromatic rings. The van der Waals surface area contributed by atoms with E-state index in [9.17, 15) is 0 Å². The predicted molar refractivity (Wildman–Crippen MR) is 49.0 cm³/mol. The molecule has 0 N–H and O–H groups in total. The van der Waals surface area contributed by atoms with Crippen molar-refractivity contribution in [1.29, 1.82) is 0 Å². The monoisotopic (exact) mass is 167 g/mol. The Morgan fingerprint density at radius 1 is 1.58 bits per heavy atom. The van der Waals surface area contributed by atoms with E-state index in [4.69, 9.17) is 4.42 Å². The third-order valence-corrected chi connectivity index (χ3v) is 2.01. The molecule has 1 atom stereocenters. The summed E-state index contributed by atoms with van der Waals surface area (Å²) in [5, 5.41) is 0. The predicted octanol–water partition coefficient (Wildman–Crippen LogP) is 2.96. The zero-order chi connectivity index (χ0) is 8.97. The number of hydrogen-bond donors (Lipinski definition) is 0. The van der Waals surface area contributed by atoms with Crippen molar-refractivity contribution in [2.75, 3.05) is 0 Å². The van der Waals surface area contributed by atoms with Crippen LogP contribution in [-0.2, 0) is 6.42 Å². The van der Waals surface area contributed by atoms with Crippen LogP contribution in [0.5, 0.6) is 0 Å². The zero-order valence-electron chi connectivity index (χ0n) is 8.13. The number of rotatable bonds is 4. The average molecular weight is 167 g/mol. The number of aryl methyl sites for hydroxylation is 1. The second-order valence-corrected chi connectivity index (χ2v) is 3.46. The highest BCUT2D eigenvalue weighted by molar-refractivity contribution is 4.96. The van der Waals surface area contributed by atoms with Gasteiger partial charge in [-0.3, -0.25) is 0 Å². The first kappa shape index (κ1) is 9.30. The van der Waals surface area contributed by atoms with Gasteiger partial charge in [0.2, 0.25) is 0 Å². The number of aromatic nitrogens is 1. The largest absolute Gasteiger partial charge is 0.449 e. The number of nitrogens with zero attached hydrogens (tertiary/aromatic N) is 1. The van der Waals surface area contributed by atoms with Crippen molar-refractivity contribution in [2.24, 2.45) is 5.92 Å². The van der Waals surface area contributed by atoms with Crippen molar-refractivity contribution in [3.05, 3.63) is 17.8 Å². The molecule has 0 aliphatic carbocycles. The van der Waals surface area contributed by atoms with Crippen LogP contribution in [0.4, 0.5) is 0 Å². The molecule has 1 heterocycles. The fourth-order valence-corrected chi connectivity index (χ4v) is 1.45. The first-order valence-corrected chi connectivity index (χ1v) is 4.63. The maximum atomic E-state index is 5.13. The Kier molecular flexibility index (Phi) is 3.32. The molecule has 2 nitrogen and oxygen atoms in total. The minimum Gasteiger partial charge on any atom is -0.449 e. The van der Waals surface area contributed by atoms with Gasteiger partial charge in [-0.1, -0.05) is 26.7 Å². The van der Waals surface area contributed by atoms with Gasteiger partial charge in [-0.05, 0) is 12.3 Å². The second-order valence-electron chi connectivity index (χ2n) is 3.46. The minimum absolute atomic E-state index is 0.722. The van der Waals surface area contributed by atoms with Crippen molar-refractivity contribution in [3.8, 4) is 0 Å². The molecule has 0 fully saturated rings. The summed E-state index contributed by atoms with van der Waals surface area (Å²) in [6.07, 6.45) is 5.33. The first-order valence-electron chi connectivity index (χ1n) is 4.63. The van der Waals surface area contributed by atoms with Gasteiger partial charge in [0, 0.05) is 6.92 Å². The lowest BCUT2D eigenvalue weighted by Gasteiger charge is -2.05. The van der Waals surface area contributed by atoms with Crippen molar-refractivity contribution in [2.45, 2.75) is 40.0 Å². The van der Waals surface area contributed by atoms with Crippen LogP contribution in [0.1, 0.15) is 38.3 Å². The van der Waals surface area contributed by atoms with E-state index >= 15 is 0 Å². The Bertz CT molecular complexity index is 229. The van der Waals surface area contributed by atoms with Crippen LogP contribution in [0.25, 0.3) is 0 Å². The van der Waals surface area contributed by atoms with Crippen LogP contribution in [0.3, 0.4) is 0 Å². The molecule has 0 aliphatic rings. The van der Waals surface area contributed by atoms with E-state index in [-0.39, 0.29) is 0 Å². The van der Waals surface area contributed by atoms with Crippen molar-refractivity contribution < 1.29 is 4.42 Å². The molecule has 1 aromatic heterocycles. The van der Waals surface area contributed by atoms with Crippen LogP contribution >= 0.6 is 0 Å². The fraction of sp³-hybridized carbons (Fsp3) is 0.700. The molecular weight excluding hydrogens is 150 g/mol. The molecule has 0 radical (unpaired) electrons. The van der Waals surface area contributed by atoms with E-state index in [1.165, 1.54) is 12.8 Å². The topological polar surface area (TPSA) is 26.0 Å². The van der Waals surface area contributed by atoms with Gasteiger partial charge in [0.05, 0.1) is 5.69 Å². The van der Waals surface area contributed by atoms with E-state index < -0.39 is 0 Å². The van der Waals surface area contributed by atoms with Crippen LogP contribution in [0, 0.1) is 12.8 Å². The first-order chi connectivity index (χ1) is 5.72. The summed E-state index contributed by atoms with van der Waals surface area (Å²) >= 11 is 0. The maximum absolute atomic E-state index is 5.13. The molecule has 0 saturated carbocycles. The van der Waals surface area contributed by atoms with E-state index in [0.717, 1.165) is 23.9 Å². The van der Waals surface area contributed by atoms with Crippen molar-refractivity contribution >= 4 is 0 Å². The summed E-state index contributed by atoms with van der Waals surface area (Å²) < 4.78 is 5.13. The molecule has 68 valence electrons. The van der Waals surface area contributed by atoms with E-state index in [0.29, 0.717) is 0 Å². The molecule has 0 spiro atoms. The standard InChI is InChI=1S/C10H17NO/c1-4-5-8(2)6-10-7-12-9(3)11-10/h7-8H,4-6H2,1-3H3. The molecule has 1 unspecified atom stereocenters. The average Bonchev–Trinajstić information content (AvgIpc) is 2.36. The van der Waals surface area contributed by atoms with Gasteiger partial charge in [0.1, 0.15) is 6.26 Å². The van der Waals surface area contributed by atoms with Crippen LogP contribution in [-0.4, -0.2) is 4.98 Å². The quantitative estimate of drug-likeness (QED) is 0.689. The lowest BCUT2D eigenvalue weighted by atomic mass is 10.0. The minimum atomic E-state index is 0.722. The summed E-state index contributed by atoms with van der Waals surface area (Å²) in [7, 11) is 0. The Morgan fingerprint density at radius 3 is 2.83 bits per heavy atom. The highest BCUT2D eigenvalue weighted by atomic mass is 16.3. The van der Waals surface area contributed by atoms with Gasteiger partial charge in [-0.15, -0.1) is 0 Å². The second kappa shape index (κ2) is 4.29. The summed E-state index contributed by atoms with van der Waals surface area (Å²) in [4.78, 5) is 4.27. The fourth-order valence-electron chi connectivity index (χ4n) is 1.45. The Hall–Kier alpha value is -0.790. The Balaban J connectivity index is 2.41. The van der Waals surface area contributed by atoms with Gasteiger partial charge in [0.15, 0.2) is 5.89 Å². The van der Waals surface area contributed by atoms with Gasteiger partial charge in [0.25, 0.3) is 0 Å². The van der Waals surface area contributed by atoms with Crippen molar-refractivity contribution in [1.82, 2.24) is 4.98 Å². The van der Waals surface area contributed by atoms with Gasteiger partial charge in [-0.2, -0.15) is 0 Å². The Morgan fingerprint density at radius 2 is 2.33 bits per heavy atom. The summed E-state index contributed by atoms with van der Waals surface area (Å²) in [6.45, 7) is 6.35. The van der Waals surface area contributed by atoms with Crippen LogP contribution < -0.4 is 0 Å². The normalized spacial score (nSPS) is 13.2. The van der Waals surface area contributed by atoms with E-state index in [1.807, 2.05) is 6.92 Å². The molecule has 0 aromatic carbocycles. The molecule has 1 rings (SSSR count). The third kappa shape index (κ3) is 2.68. The van der Waals surface area contributed by atoms with E-state index in [1.54, 1.807) is 6.26 Å². The van der Waals surface area contributed by atoms with Crippen LogP contribution in [0.15, 0.2) is 10.7 Å². The van der Waals surface area contributed by atoms with Crippen molar-refractivity contribution in [3.63, 3.8) is 0 Å². The zero-order valence-corrected chi connectivity index (χ0v) is 8.13. The highest BCUT2D eigenvalue weighted by Gasteiger charge is 2.05. The maximum Gasteiger partial charge on any atom is 0.191 e. The molecule has 12 heavy (non-hydrogen) atoms. The summed E-state index contributed by atoms with van der Waals surface area (Å²) in [5.74, 6) is 1.49. The third-order valence-electron chi connectivity index (χ3n) is 2.01.